The second-order valence-electron chi connectivity index (χ2n) is 5.69. The Morgan fingerprint density at radius 1 is 1.45 bits per heavy atom. The van der Waals surface area contributed by atoms with Crippen molar-refractivity contribution in [3.63, 3.8) is 0 Å². The van der Waals surface area contributed by atoms with Gasteiger partial charge < -0.3 is 15.1 Å². The molecule has 2 rings (SSSR count). The van der Waals surface area contributed by atoms with Crippen molar-refractivity contribution in [1.82, 2.24) is 9.97 Å². The van der Waals surface area contributed by atoms with Gasteiger partial charge in [0.15, 0.2) is 0 Å². The average molecular weight is 279 g/mol. The Labute approximate surface area is 120 Å². The molecule has 1 atom stereocenters. The van der Waals surface area contributed by atoms with E-state index in [0.717, 1.165) is 43.2 Å². The van der Waals surface area contributed by atoms with Crippen LogP contribution in [0.15, 0.2) is 0 Å². The standard InChI is InChI=1S/C14H25N5O/c1-9(2)12-16-13(18-15)10(3)14(17-12)19(4)8-11-6-5-7-20-11/h9,11H,5-8,15H2,1-4H3,(H,16,17,18). The first-order valence-corrected chi connectivity index (χ1v) is 7.20. The van der Waals surface area contributed by atoms with Crippen LogP contribution in [0.5, 0.6) is 0 Å². The number of nitrogen functional groups attached to an aromatic ring is 1. The van der Waals surface area contributed by atoms with E-state index in [0.29, 0.717) is 11.9 Å². The summed E-state index contributed by atoms with van der Waals surface area (Å²) in [6.45, 7) is 7.86. The second-order valence-corrected chi connectivity index (χ2v) is 5.69. The zero-order chi connectivity index (χ0) is 14.7. The van der Waals surface area contributed by atoms with Crippen molar-refractivity contribution in [2.75, 3.05) is 30.5 Å². The molecule has 6 heteroatoms. The van der Waals surface area contributed by atoms with E-state index >= 15 is 0 Å². The fraction of sp³-hybridized carbons (Fsp3) is 0.714. The largest absolute Gasteiger partial charge is 0.376 e. The molecule has 0 bridgehead atoms. The molecule has 1 aromatic heterocycles. The molecule has 1 fully saturated rings. The molecule has 1 saturated heterocycles. The van der Waals surface area contributed by atoms with Crippen molar-refractivity contribution in [2.24, 2.45) is 5.84 Å². The lowest BCUT2D eigenvalue weighted by Crippen LogP contribution is -2.30. The summed E-state index contributed by atoms with van der Waals surface area (Å²) >= 11 is 0. The molecule has 1 aliphatic rings. The quantitative estimate of drug-likeness (QED) is 0.632. The van der Waals surface area contributed by atoms with Crippen molar-refractivity contribution in [1.29, 1.82) is 0 Å². The topological polar surface area (TPSA) is 76.3 Å². The number of aromatic nitrogens is 2. The lowest BCUT2D eigenvalue weighted by Gasteiger charge is -2.25. The van der Waals surface area contributed by atoms with Gasteiger partial charge in [-0.05, 0) is 19.8 Å². The Kier molecular flexibility index (Phi) is 4.77. The second kappa shape index (κ2) is 6.37. The number of hydrogen-bond donors (Lipinski definition) is 2. The van der Waals surface area contributed by atoms with E-state index in [1.807, 2.05) is 14.0 Å². The van der Waals surface area contributed by atoms with Crippen LogP contribution in [-0.2, 0) is 4.74 Å². The molecule has 112 valence electrons. The number of hydrazine groups is 1. The van der Waals surface area contributed by atoms with Gasteiger partial charge in [-0.15, -0.1) is 0 Å². The van der Waals surface area contributed by atoms with Gasteiger partial charge in [0.1, 0.15) is 17.5 Å². The SMILES string of the molecule is Cc1c(NN)nc(C(C)C)nc1N(C)CC1CCCO1. The maximum atomic E-state index is 5.69. The van der Waals surface area contributed by atoms with Gasteiger partial charge in [0.05, 0.1) is 6.10 Å². The molecule has 0 aliphatic carbocycles. The Morgan fingerprint density at radius 2 is 2.20 bits per heavy atom. The molecule has 0 amide bonds. The van der Waals surface area contributed by atoms with Crippen molar-refractivity contribution in [2.45, 2.75) is 45.6 Å². The third-order valence-corrected chi connectivity index (χ3v) is 3.65. The minimum absolute atomic E-state index is 0.262. The molecule has 2 heterocycles. The number of likely N-dealkylation sites (N-methyl/N-ethyl adjacent to an activating group) is 1. The zero-order valence-electron chi connectivity index (χ0n) is 12.8. The van der Waals surface area contributed by atoms with E-state index in [4.69, 9.17) is 10.6 Å². The molecule has 6 nitrogen and oxygen atoms in total. The highest BCUT2D eigenvalue weighted by Gasteiger charge is 2.21. The summed E-state index contributed by atoms with van der Waals surface area (Å²) in [6.07, 6.45) is 2.56. The minimum Gasteiger partial charge on any atom is -0.376 e. The lowest BCUT2D eigenvalue weighted by atomic mass is 10.2. The predicted molar refractivity (Wildman–Crippen MR) is 80.9 cm³/mol. The van der Waals surface area contributed by atoms with Gasteiger partial charge in [-0.2, -0.15) is 0 Å². The summed E-state index contributed by atoms with van der Waals surface area (Å²) in [5.41, 5.74) is 3.64. The van der Waals surface area contributed by atoms with Crippen LogP contribution in [0, 0.1) is 6.92 Å². The Hall–Kier alpha value is -1.40. The van der Waals surface area contributed by atoms with Crippen molar-refractivity contribution >= 4 is 11.6 Å². The highest BCUT2D eigenvalue weighted by atomic mass is 16.5. The number of nitrogens with one attached hydrogen (secondary N) is 1. The van der Waals surface area contributed by atoms with E-state index in [9.17, 15) is 0 Å². The monoisotopic (exact) mass is 279 g/mol. The van der Waals surface area contributed by atoms with Gasteiger partial charge in [-0.25, -0.2) is 15.8 Å². The summed E-state index contributed by atoms with van der Waals surface area (Å²) in [5.74, 6) is 8.25. The Bertz CT molecular complexity index is 457. The maximum Gasteiger partial charge on any atom is 0.148 e. The highest BCUT2D eigenvalue weighted by Crippen LogP contribution is 2.26. The van der Waals surface area contributed by atoms with Gasteiger partial charge in [-0.3, -0.25) is 0 Å². The molecule has 0 saturated carbocycles. The molecule has 1 aliphatic heterocycles. The zero-order valence-corrected chi connectivity index (χ0v) is 12.8. The minimum atomic E-state index is 0.262. The van der Waals surface area contributed by atoms with E-state index in [2.05, 4.69) is 34.1 Å². The Balaban J connectivity index is 2.25. The van der Waals surface area contributed by atoms with E-state index < -0.39 is 0 Å². The smallest absolute Gasteiger partial charge is 0.148 e. The normalized spacial score (nSPS) is 18.6. The van der Waals surface area contributed by atoms with E-state index in [-0.39, 0.29) is 5.92 Å². The van der Waals surface area contributed by atoms with Crippen LogP contribution in [0.3, 0.4) is 0 Å². The van der Waals surface area contributed by atoms with E-state index in [1.165, 1.54) is 0 Å². The summed E-state index contributed by atoms with van der Waals surface area (Å²) in [6, 6.07) is 0. The molecule has 1 unspecified atom stereocenters. The third kappa shape index (κ3) is 3.19. The first-order valence-electron chi connectivity index (χ1n) is 7.20. The van der Waals surface area contributed by atoms with Crippen molar-refractivity contribution in [3.8, 4) is 0 Å². The molecular formula is C14H25N5O. The van der Waals surface area contributed by atoms with Crippen LogP contribution in [0.4, 0.5) is 11.6 Å². The van der Waals surface area contributed by atoms with Crippen LogP contribution < -0.4 is 16.2 Å². The van der Waals surface area contributed by atoms with Gasteiger partial charge in [0.2, 0.25) is 0 Å². The average Bonchev–Trinajstić information content (AvgIpc) is 2.91. The first kappa shape index (κ1) is 15.0. The van der Waals surface area contributed by atoms with Crippen molar-refractivity contribution < 1.29 is 4.74 Å². The Morgan fingerprint density at radius 3 is 2.75 bits per heavy atom. The van der Waals surface area contributed by atoms with Crippen LogP contribution >= 0.6 is 0 Å². The summed E-state index contributed by atoms with van der Waals surface area (Å²) < 4.78 is 5.69. The summed E-state index contributed by atoms with van der Waals surface area (Å²) in [5, 5.41) is 0. The molecular weight excluding hydrogens is 254 g/mol. The molecule has 20 heavy (non-hydrogen) atoms. The predicted octanol–water partition coefficient (Wildman–Crippen LogP) is 1.81. The van der Waals surface area contributed by atoms with Crippen LogP contribution in [0.25, 0.3) is 0 Å². The number of rotatable bonds is 5. The van der Waals surface area contributed by atoms with Crippen LogP contribution in [0.1, 0.15) is 44.0 Å². The van der Waals surface area contributed by atoms with Gasteiger partial charge >= 0.3 is 0 Å². The fourth-order valence-electron chi connectivity index (χ4n) is 2.47. The van der Waals surface area contributed by atoms with Gasteiger partial charge in [0.25, 0.3) is 0 Å². The number of nitrogens with zero attached hydrogens (tertiary/aromatic N) is 3. The van der Waals surface area contributed by atoms with Gasteiger partial charge in [-0.1, -0.05) is 13.8 Å². The number of nitrogens with two attached hydrogens (primary N) is 1. The van der Waals surface area contributed by atoms with Gasteiger partial charge in [0, 0.05) is 31.7 Å². The number of ether oxygens (including phenoxy) is 1. The lowest BCUT2D eigenvalue weighted by molar-refractivity contribution is 0.116. The molecule has 0 radical (unpaired) electrons. The van der Waals surface area contributed by atoms with E-state index in [1.54, 1.807) is 0 Å². The first-order chi connectivity index (χ1) is 9.52. The summed E-state index contributed by atoms with van der Waals surface area (Å²) in [4.78, 5) is 11.3. The van der Waals surface area contributed by atoms with Crippen LogP contribution in [0.2, 0.25) is 0 Å². The maximum absolute atomic E-state index is 5.69. The summed E-state index contributed by atoms with van der Waals surface area (Å²) in [7, 11) is 2.04. The number of hydrogen-bond acceptors (Lipinski definition) is 6. The molecule has 3 N–H and O–H groups in total. The molecule has 0 spiro atoms. The fourth-order valence-corrected chi connectivity index (χ4v) is 2.47. The molecule has 0 aromatic carbocycles. The highest BCUT2D eigenvalue weighted by molar-refractivity contribution is 5.58. The number of anilines is 2. The van der Waals surface area contributed by atoms with Crippen LogP contribution in [-0.4, -0.2) is 36.3 Å². The van der Waals surface area contributed by atoms with Crippen molar-refractivity contribution in [3.05, 3.63) is 11.4 Å². The third-order valence-electron chi connectivity index (χ3n) is 3.65. The molecule has 1 aromatic rings.